The maximum absolute atomic E-state index is 5.49. The van der Waals surface area contributed by atoms with Crippen molar-refractivity contribution >= 4 is 33.3 Å². The molecular formula is C21H27N7OS. The van der Waals surface area contributed by atoms with Crippen LogP contribution in [0.4, 0.5) is 11.8 Å². The second kappa shape index (κ2) is 8.41. The molecule has 0 radical (unpaired) electrons. The molecule has 2 fully saturated rings. The second-order valence-electron chi connectivity index (χ2n) is 7.84. The SMILES string of the molecule is Cc1sc2nc(CN3CCOCC3)nc(N3CCN(c4ncccn4)CC3)c2c1C. The molecule has 0 saturated carbocycles. The van der Waals surface area contributed by atoms with E-state index in [1.54, 1.807) is 23.7 Å². The molecule has 8 nitrogen and oxygen atoms in total. The maximum atomic E-state index is 5.49. The molecule has 0 spiro atoms. The van der Waals surface area contributed by atoms with E-state index >= 15 is 0 Å². The van der Waals surface area contributed by atoms with Gasteiger partial charge in [0.05, 0.1) is 25.1 Å². The fourth-order valence-electron chi connectivity index (χ4n) is 4.10. The van der Waals surface area contributed by atoms with Gasteiger partial charge in [-0.2, -0.15) is 0 Å². The zero-order valence-corrected chi connectivity index (χ0v) is 18.4. The van der Waals surface area contributed by atoms with Crippen molar-refractivity contribution in [3.8, 4) is 0 Å². The van der Waals surface area contributed by atoms with Gasteiger partial charge in [0.15, 0.2) is 0 Å². The van der Waals surface area contributed by atoms with Crippen LogP contribution in [0.5, 0.6) is 0 Å². The number of anilines is 2. The Bertz CT molecular complexity index is 1010. The summed E-state index contributed by atoms with van der Waals surface area (Å²) in [4.78, 5) is 28.3. The van der Waals surface area contributed by atoms with Crippen LogP contribution in [0.15, 0.2) is 18.5 Å². The van der Waals surface area contributed by atoms with Crippen LogP contribution in [0.25, 0.3) is 10.2 Å². The third kappa shape index (κ3) is 3.84. The van der Waals surface area contributed by atoms with Crippen LogP contribution in [0, 0.1) is 13.8 Å². The average Bonchev–Trinajstić information content (AvgIpc) is 3.08. The lowest BCUT2D eigenvalue weighted by molar-refractivity contribution is 0.0331. The molecule has 30 heavy (non-hydrogen) atoms. The van der Waals surface area contributed by atoms with E-state index in [2.05, 4.69) is 38.5 Å². The Kier molecular flexibility index (Phi) is 5.49. The van der Waals surface area contributed by atoms with Crippen molar-refractivity contribution in [3.05, 3.63) is 34.7 Å². The summed E-state index contributed by atoms with van der Waals surface area (Å²) in [6, 6.07) is 1.86. The molecule has 0 N–H and O–H groups in total. The van der Waals surface area contributed by atoms with Gasteiger partial charge in [-0.1, -0.05) is 0 Å². The first-order chi connectivity index (χ1) is 14.7. The van der Waals surface area contributed by atoms with Gasteiger partial charge in [0.25, 0.3) is 0 Å². The van der Waals surface area contributed by atoms with Crippen molar-refractivity contribution in [1.82, 2.24) is 24.8 Å². The molecule has 2 saturated heterocycles. The number of fused-ring (bicyclic) bond motifs is 1. The van der Waals surface area contributed by atoms with Crippen molar-refractivity contribution in [1.29, 1.82) is 0 Å². The highest BCUT2D eigenvalue weighted by Gasteiger charge is 2.25. The summed E-state index contributed by atoms with van der Waals surface area (Å²) in [6.45, 7) is 12.2. The van der Waals surface area contributed by atoms with E-state index in [-0.39, 0.29) is 0 Å². The lowest BCUT2D eigenvalue weighted by Crippen LogP contribution is -2.47. The third-order valence-corrected chi connectivity index (χ3v) is 7.04. The van der Waals surface area contributed by atoms with Gasteiger partial charge in [-0.25, -0.2) is 19.9 Å². The molecule has 2 aliphatic rings. The topological polar surface area (TPSA) is 70.5 Å². The van der Waals surface area contributed by atoms with Gasteiger partial charge in [-0.05, 0) is 25.5 Å². The predicted molar refractivity (Wildman–Crippen MR) is 119 cm³/mol. The van der Waals surface area contributed by atoms with Gasteiger partial charge >= 0.3 is 0 Å². The lowest BCUT2D eigenvalue weighted by atomic mass is 10.2. The monoisotopic (exact) mass is 425 g/mol. The molecule has 0 atom stereocenters. The largest absolute Gasteiger partial charge is 0.379 e. The molecule has 2 aliphatic heterocycles. The van der Waals surface area contributed by atoms with E-state index in [0.29, 0.717) is 0 Å². The van der Waals surface area contributed by atoms with Crippen LogP contribution in [-0.4, -0.2) is 77.3 Å². The average molecular weight is 426 g/mol. The van der Waals surface area contributed by atoms with E-state index in [4.69, 9.17) is 14.7 Å². The molecule has 0 unspecified atom stereocenters. The number of nitrogens with zero attached hydrogens (tertiary/aromatic N) is 7. The van der Waals surface area contributed by atoms with E-state index in [1.165, 1.54) is 15.8 Å². The van der Waals surface area contributed by atoms with Crippen molar-refractivity contribution in [2.75, 3.05) is 62.3 Å². The van der Waals surface area contributed by atoms with Gasteiger partial charge in [-0.3, -0.25) is 4.90 Å². The Hall–Kier alpha value is -2.36. The Morgan fingerprint density at radius 3 is 2.37 bits per heavy atom. The summed E-state index contributed by atoms with van der Waals surface area (Å²) in [5.74, 6) is 2.80. The molecule has 9 heteroatoms. The molecule has 5 rings (SSSR count). The zero-order chi connectivity index (χ0) is 20.5. The van der Waals surface area contributed by atoms with Crippen LogP contribution < -0.4 is 9.80 Å². The van der Waals surface area contributed by atoms with Gasteiger partial charge in [0.2, 0.25) is 5.95 Å². The van der Waals surface area contributed by atoms with Crippen LogP contribution in [0.2, 0.25) is 0 Å². The highest BCUT2D eigenvalue weighted by atomic mass is 32.1. The number of hydrogen-bond acceptors (Lipinski definition) is 9. The normalized spacial score (nSPS) is 18.3. The molecule has 3 aromatic heterocycles. The van der Waals surface area contributed by atoms with Crippen molar-refractivity contribution < 1.29 is 4.74 Å². The van der Waals surface area contributed by atoms with Crippen LogP contribution in [0.1, 0.15) is 16.3 Å². The fourth-order valence-corrected chi connectivity index (χ4v) is 5.15. The maximum Gasteiger partial charge on any atom is 0.225 e. The number of thiophene rings is 1. The minimum atomic E-state index is 0.778. The van der Waals surface area contributed by atoms with Crippen molar-refractivity contribution in [3.63, 3.8) is 0 Å². The Morgan fingerprint density at radius 2 is 1.63 bits per heavy atom. The lowest BCUT2D eigenvalue weighted by Gasteiger charge is -2.36. The summed E-state index contributed by atoms with van der Waals surface area (Å²) in [5, 5.41) is 1.22. The van der Waals surface area contributed by atoms with Crippen molar-refractivity contribution in [2.45, 2.75) is 20.4 Å². The van der Waals surface area contributed by atoms with E-state index in [9.17, 15) is 0 Å². The smallest absolute Gasteiger partial charge is 0.225 e. The zero-order valence-electron chi connectivity index (χ0n) is 17.5. The number of aromatic nitrogens is 4. The summed E-state index contributed by atoms with van der Waals surface area (Å²) in [5.41, 5.74) is 1.30. The van der Waals surface area contributed by atoms with E-state index < -0.39 is 0 Å². The Labute approximate surface area is 180 Å². The van der Waals surface area contributed by atoms with Crippen molar-refractivity contribution in [2.24, 2.45) is 0 Å². The fraction of sp³-hybridized carbons (Fsp3) is 0.524. The number of hydrogen-bond donors (Lipinski definition) is 0. The highest BCUT2D eigenvalue weighted by Crippen LogP contribution is 2.35. The van der Waals surface area contributed by atoms with Crippen LogP contribution >= 0.6 is 11.3 Å². The first-order valence-electron chi connectivity index (χ1n) is 10.5. The highest BCUT2D eigenvalue weighted by molar-refractivity contribution is 7.18. The number of rotatable bonds is 4. The van der Waals surface area contributed by atoms with Gasteiger partial charge in [0, 0.05) is 56.5 Å². The molecule has 0 amide bonds. The Balaban J connectivity index is 1.42. The third-order valence-electron chi connectivity index (χ3n) is 5.94. The second-order valence-corrected chi connectivity index (χ2v) is 9.04. The molecule has 0 bridgehead atoms. The number of ether oxygens (including phenoxy) is 1. The summed E-state index contributed by atoms with van der Waals surface area (Å²) < 4.78 is 5.49. The van der Waals surface area contributed by atoms with Gasteiger partial charge < -0.3 is 14.5 Å². The summed E-state index contributed by atoms with van der Waals surface area (Å²) in [7, 11) is 0. The first kappa shape index (κ1) is 19.6. The van der Waals surface area contributed by atoms with E-state index in [0.717, 1.165) is 81.4 Å². The summed E-state index contributed by atoms with van der Waals surface area (Å²) in [6.07, 6.45) is 3.61. The van der Waals surface area contributed by atoms with E-state index in [1.807, 2.05) is 6.07 Å². The predicted octanol–water partition coefficient (Wildman–Crippen LogP) is 2.26. The molecule has 0 aromatic carbocycles. The quantitative estimate of drug-likeness (QED) is 0.630. The molecule has 3 aromatic rings. The number of morpholine rings is 1. The standard InChI is InChI=1S/C21H27N7OS/c1-15-16(2)30-20-18(15)19(24-17(25-20)14-26-10-12-29-13-11-26)27-6-8-28(9-7-27)21-22-4-3-5-23-21/h3-5H,6-14H2,1-2H3. The molecular weight excluding hydrogens is 398 g/mol. The first-order valence-corrected chi connectivity index (χ1v) is 11.3. The van der Waals surface area contributed by atoms with Crippen LogP contribution in [-0.2, 0) is 11.3 Å². The minimum absolute atomic E-state index is 0.778. The minimum Gasteiger partial charge on any atom is -0.379 e. The number of aryl methyl sites for hydroxylation is 2. The Morgan fingerprint density at radius 1 is 0.933 bits per heavy atom. The van der Waals surface area contributed by atoms with Crippen LogP contribution in [0.3, 0.4) is 0 Å². The number of piperazine rings is 1. The van der Waals surface area contributed by atoms with Gasteiger partial charge in [0.1, 0.15) is 16.5 Å². The molecule has 5 heterocycles. The summed E-state index contributed by atoms with van der Waals surface area (Å²) >= 11 is 1.78. The van der Waals surface area contributed by atoms with Gasteiger partial charge in [-0.15, -0.1) is 11.3 Å². The molecule has 0 aliphatic carbocycles. The molecule has 158 valence electrons.